The molecule has 0 aliphatic carbocycles. The van der Waals surface area contributed by atoms with Gasteiger partial charge >= 0.3 is 0 Å². The lowest BCUT2D eigenvalue weighted by molar-refractivity contribution is 0.336. The maximum Gasteiger partial charge on any atom is 0.122 e. The summed E-state index contributed by atoms with van der Waals surface area (Å²) in [5.41, 5.74) is 3.96. The Morgan fingerprint density at radius 3 is 2.00 bits per heavy atom. The predicted octanol–water partition coefficient (Wildman–Crippen LogP) is 4.29. The number of rotatable bonds is 3. The molecule has 0 aliphatic rings. The molecule has 1 heteroatoms. The van der Waals surface area contributed by atoms with Gasteiger partial charge in [-0.1, -0.05) is 26.8 Å². The van der Waals surface area contributed by atoms with E-state index in [0.717, 1.165) is 18.8 Å². The van der Waals surface area contributed by atoms with E-state index in [0.29, 0.717) is 0 Å². The molecule has 86 valence electrons. The van der Waals surface area contributed by atoms with E-state index < -0.39 is 0 Å². The molecule has 1 aromatic rings. The topological polar surface area (TPSA) is 9.23 Å². The smallest absolute Gasteiger partial charge is 0.122 e. The first-order valence-corrected chi connectivity index (χ1v) is 5.92. The Hall–Kier alpha value is -0.980. The Morgan fingerprint density at radius 1 is 1.00 bits per heavy atom. The molecule has 0 bridgehead atoms. The van der Waals surface area contributed by atoms with Crippen LogP contribution in [0.2, 0.25) is 0 Å². The van der Waals surface area contributed by atoms with Gasteiger partial charge in [-0.3, -0.25) is 0 Å². The highest BCUT2D eigenvalue weighted by Crippen LogP contribution is 2.23. The molecule has 1 rings (SSSR count). The van der Waals surface area contributed by atoms with Crippen molar-refractivity contribution < 1.29 is 4.74 Å². The third-order valence-electron chi connectivity index (χ3n) is 2.36. The van der Waals surface area contributed by atoms with Crippen molar-refractivity contribution in [1.82, 2.24) is 0 Å². The van der Waals surface area contributed by atoms with Crippen molar-refractivity contribution in [3.63, 3.8) is 0 Å². The summed E-state index contributed by atoms with van der Waals surface area (Å²) in [6.45, 7) is 13.2. The highest BCUT2D eigenvalue weighted by atomic mass is 16.5. The minimum absolute atomic E-state index is 0.746. The molecule has 0 spiro atoms. The van der Waals surface area contributed by atoms with Crippen molar-refractivity contribution in [3.8, 4) is 5.75 Å². The first-order chi connectivity index (χ1) is 7.19. The van der Waals surface area contributed by atoms with E-state index in [-0.39, 0.29) is 0 Å². The van der Waals surface area contributed by atoms with Gasteiger partial charge in [0.05, 0.1) is 6.61 Å². The molecule has 0 atom stereocenters. The standard InChI is InChI=1S/C12H18O.C2H6/c1-5-11-7-9(3)10(4)8-12(11)13-6-2;1-2/h7-8H,5-6H2,1-4H3;1-2H3. The van der Waals surface area contributed by atoms with Crippen molar-refractivity contribution >= 4 is 0 Å². The average molecular weight is 208 g/mol. The van der Waals surface area contributed by atoms with Crippen molar-refractivity contribution in [2.24, 2.45) is 0 Å². The molecule has 0 radical (unpaired) electrons. The number of aryl methyl sites for hydroxylation is 3. The lowest BCUT2D eigenvalue weighted by atomic mass is 10.0. The number of benzene rings is 1. The summed E-state index contributed by atoms with van der Waals surface area (Å²) in [5, 5.41) is 0. The molecule has 0 fully saturated rings. The van der Waals surface area contributed by atoms with Crippen LogP contribution in [-0.4, -0.2) is 6.61 Å². The minimum Gasteiger partial charge on any atom is -0.494 e. The van der Waals surface area contributed by atoms with Crippen LogP contribution in [0.4, 0.5) is 0 Å². The summed E-state index contributed by atoms with van der Waals surface area (Å²) in [4.78, 5) is 0. The highest BCUT2D eigenvalue weighted by Gasteiger charge is 2.03. The van der Waals surface area contributed by atoms with Gasteiger partial charge in [-0.2, -0.15) is 0 Å². The fourth-order valence-electron chi connectivity index (χ4n) is 1.42. The third kappa shape index (κ3) is 3.94. The molecule has 0 aromatic heterocycles. The van der Waals surface area contributed by atoms with E-state index in [1.165, 1.54) is 16.7 Å². The molecule has 1 nitrogen and oxygen atoms in total. The van der Waals surface area contributed by atoms with Crippen molar-refractivity contribution in [2.45, 2.75) is 48.0 Å². The lowest BCUT2D eigenvalue weighted by Gasteiger charge is -2.11. The van der Waals surface area contributed by atoms with Gasteiger partial charge in [-0.05, 0) is 49.9 Å². The summed E-state index contributed by atoms with van der Waals surface area (Å²) in [6, 6.07) is 4.36. The van der Waals surface area contributed by atoms with Gasteiger partial charge in [0.15, 0.2) is 0 Å². The zero-order valence-electron chi connectivity index (χ0n) is 11.0. The second-order valence-corrected chi connectivity index (χ2v) is 3.33. The molecular weight excluding hydrogens is 184 g/mol. The van der Waals surface area contributed by atoms with Crippen molar-refractivity contribution in [1.29, 1.82) is 0 Å². The molecule has 0 N–H and O–H groups in total. The molecule has 0 saturated heterocycles. The lowest BCUT2D eigenvalue weighted by Crippen LogP contribution is -1.97. The summed E-state index contributed by atoms with van der Waals surface area (Å²) in [7, 11) is 0. The van der Waals surface area contributed by atoms with Crippen molar-refractivity contribution in [2.75, 3.05) is 6.61 Å². The molecule has 0 unspecified atom stereocenters. The van der Waals surface area contributed by atoms with Crippen LogP contribution in [0.15, 0.2) is 12.1 Å². The Morgan fingerprint density at radius 2 is 1.53 bits per heavy atom. The average Bonchev–Trinajstić information content (AvgIpc) is 2.26. The van der Waals surface area contributed by atoms with Gasteiger partial charge in [0, 0.05) is 0 Å². The first kappa shape index (κ1) is 14.0. The third-order valence-corrected chi connectivity index (χ3v) is 2.36. The molecule has 1 aromatic carbocycles. The second-order valence-electron chi connectivity index (χ2n) is 3.33. The number of ether oxygens (including phenoxy) is 1. The van der Waals surface area contributed by atoms with E-state index in [2.05, 4.69) is 32.9 Å². The summed E-state index contributed by atoms with van der Waals surface area (Å²) in [5.74, 6) is 1.05. The SMILES string of the molecule is CC.CCOc1cc(C)c(C)cc1CC. The number of hydrogen-bond donors (Lipinski definition) is 0. The highest BCUT2D eigenvalue weighted by molar-refractivity contribution is 5.41. The van der Waals surface area contributed by atoms with Crippen LogP contribution in [0.25, 0.3) is 0 Å². The maximum atomic E-state index is 5.56. The van der Waals surface area contributed by atoms with E-state index in [4.69, 9.17) is 4.74 Å². The zero-order chi connectivity index (χ0) is 11.8. The molecular formula is C14H24O. The molecule has 0 aliphatic heterocycles. The molecule has 0 heterocycles. The monoisotopic (exact) mass is 208 g/mol. The van der Waals surface area contributed by atoms with E-state index in [1.54, 1.807) is 0 Å². The van der Waals surface area contributed by atoms with Crippen LogP contribution >= 0.6 is 0 Å². The zero-order valence-corrected chi connectivity index (χ0v) is 11.0. The van der Waals surface area contributed by atoms with Crippen LogP contribution in [0.1, 0.15) is 44.4 Å². The summed E-state index contributed by atoms with van der Waals surface area (Å²) < 4.78 is 5.56. The molecule has 0 amide bonds. The van der Waals surface area contributed by atoms with E-state index in [9.17, 15) is 0 Å². The van der Waals surface area contributed by atoms with Crippen LogP contribution in [0.3, 0.4) is 0 Å². The van der Waals surface area contributed by atoms with Crippen LogP contribution < -0.4 is 4.74 Å². The Labute approximate surface area is 94.5 Å². The fourth-order valence-corrected chi connectivity index (χ4v) is 1.42. The number of hydrogen-bond acceptors (Lipinski definition) is 1. The maximum absolute atomic E-state index is 5.56. The normalized spacial score (nSPS) is 9.20. The quantitative estimate of drug-likeness (QED) is 0.720. The molecule has 0 saturated carbocycles. The summed E-state index contributed by atoms with van der Waals surface area (Å²) in [6.07, 6.45) is 1.04. The van der Waals surface area contributed by atoms with Crippen LogP contribution in [0, 0.1) is 13.8 Å². The fraction of sp³-hybridized carbons (Fsp3) is 0.571. The predicted molar refractivity (Wildman–Crippen MR) is 67.8 cm³/mol. The van der Waals surface area contributed by atoms with Gasteiger partial charge < -0.3 is 4.74 Å². The van der Waals surface area contributed by atoms with E-state index in [1.807, 2.05) is 20.8 Å². The van der Waals surface area contributed by atoms with Gasteiger partial charge in [0.2, 0.25) is 0 Å². The summed E-state index contributed by atoms with van der Waals surface area (Å²) >= 11 is 0. The van der Waals surface area contributed by atoms with Crippen LogP contribution in [-0.2, 0) is 6.42 Å². The Bertz CT molecular complexity index is 290. The largest absolute Gasteiger partial charge is 0.494 e. The van der Waals surface area contributed by atoms with Gasteiger partial charge in [0.1, 0.15) is 5.75 Å². The van der Waals surface area contributed by atoms with Gasteiger partial charge in [0.25, 0.3) is 0 Å². The molecule has 15 heavy (non-hydrogen) atoms. The van der Waals surface area contributed by atoms with Gasteiger partial charge in [-0.25, -0.2) is 0 Å². The van der Waals surface area contributed by atoms with E-state index >= 15 is 0 Å². The Kier molecular flexibility index (Phi) is 6.85. The Balaban J connectivity index is 0.000000921. The second kappa shape index (κ2) is 7.33. The van der Waals surface area contributed by atoms with Gasteiger partial charge in [-0.15, -0.1) is 0 Å². The minimum atomic E-state index is 0.746. The van der Waals surface area contributed by atoms with Crippen LogP contribution in [0.5, 0.6) is 5.75 Å². The first-order valence-electron chi connectivity index (χ1n) is 5.92. The van der Waals surface area contributed by atoms with Crippen molar-refractivity contribution in [3.05, 3.63) is 28.8 Å².